The lowest BCUT2D eigenvalue weighted by atomic mass is 10.1. The van der Waals surface area contributed by atoms with E-state index in [9.17, 15) is 0 Å². The Morgan fingerprint density at radius 2 is 2.00 bits per heavy atom. The lowest BCUT2D eigenvalue weighted by Crippen LogP contribution is -2.26. The van der Waals surface area contributed by atoms with E-state index in [1.54, 1.807) is 0 Å². The Bertz CT molecular complexity index is 331. The van der Waals surface area contributed by atoms with E-state index >= 15 is 0 Å². The van der Waals surface area contributed by atoms with Crippen LogP contribution in [0.5, 0.6) is 0 Å². The van der Waals surface area contributed by atoms with Crippen molar-refractivity contribution in [3.8, 4) is 0 Å². The largest absolute Gasteiger partial charge is 0.365 e. The van der Waals surface area contributed by atoms with Crippen molar-refractivity contribution in [2.24, 2.45) is 0 Å². The highest BCUT2D eigenvalue weighted by atomic mass is 35.5. The molecule has 84 valence electrons. The molecule has 0 aliphatic carbocycles. The molecule has 1 N–H and O–H groups in total. The van der Waals surface area contributed by atoms with Crippen LogP contribution in [0.15, 0.2) is 6.07 Å². The van der Waals surface area contributed by atoms with Crippen molar-refractivity contribution in [1.29, 1.82) is 0 Å². The molecule has 0 aromatic carbocycles. The van der Waals surface area contributed by atoms with Gasteiger partial charge in [-0.3, -0.25) is 0 Å². The molecule has 0 amide bonds. The highest BCUT2D eigenvalue weighted by Crippen LogP contribution is 2.16. The number of rotatable bonds is 3. The molecule has 1 aromatic heterocycles. The highest BCUT2D eigenvalue weighted by Gasteiger charge is 2.11. The van der Waals surface area contributed by atoms with E-state index in [1.807, 2.05) is 6.07 Å². The van der Waals surface area contributed by atoms with Crippen LogP contribution in [-0.4, -0.2) is 15.5 Å². The quantitative estimate of drug-likeness (QED) is 0.806. The third-order valence-electron chi connectivity index (χ3n) is 1.76. The van der Waals surface area contributed by atoms with Gasteiger partial charge < -0.3 is 5.32 Å². The van der Waals surface area contributed by atoms with Gasteiger partial charge in [-0.2, -0.15) is 0 Å². The van der Waals surface area contributed by atoms with Gasteiger partial charge in [0.2, 0.25) is 5.28 Å². The van der Waals surface area contributed by atoms with Crippen LogP contribution >= 0.6 is 11.6 Å². The van der Waals surface area contributed by atoms with Gasteiger partial charge in [-0.05, 0) is 38.8 Å². The molecule has 0 saturated carbocycles. The topological polar surface area (TPSA) is 37.8 Å². The summed E-state index contributed by atoms with van der Waals surface area (Å²) in [6.45, 7) is 8.38. The number of aromatic nitrogens is 2. The Morgan fingerprint density at radius 3 is 2.53 bits per heavy atom. The summed E-state index contributed by atoms with van der Waals surface area (Å²) >= 11 is 5.85. The summed E-state index contributed by atoms with van der Waals surface area (Å²) < 4.78 is 0. The fourth-order valence-electron chi connectivity index (χ4n) is 1.30. The summed E-state index contributed by atoms with van der Waals surface area (Å²) in [4.78, 5) is 8.31. The van der Waals surface area contributed by atoms with Crippen LogP contribution in [0.4, 0.5) is 5.82 Å². The van der Waals surface area contributed by atoms with Gasteiger partial charge in [0.15, 0.2) is 0 Å². The van der Waals surface area contributed by atoms with Gasteiger partial charge in [0, 0.05) is 17.3 Å². The van der Waals surface area contributed by atoms with Crippen LogP contribution in [0.2, 0.25) is 5.28 Å². The van der Waals surface area contributed by atoms with Crippen LogP contribution in [0.25, 0.3) is 0 Å². The number of hydrogen-bond acceptors (Lipinski definition) is 3. The number of hydrogen-bond donors (Lipinski definition) is 1. The Kier molecular flexibility index (Phi) is 3.91. The zero-order valence-corrected chi connectivity index (χ0v) is 10.5. The van der Waals surface area contributed by atoms with Gasteiger partial charge in [0.05, 0.1) is 0 Å². The maximum absolute atomic E-state index is 5.85. The van der Waals surface area contributed by atoms with E-state index in [0.717, 1.165) is 24.4 Å². The molecule has 0 spiro atoms. The van der Waals surface area contributed by atoms with Crippen molar-refractivity contribution in [3.05, 3.63) is 17.0 Å². The first-order valence-corrected chi connectivity index (χ1v) is 5.60. The minimum Gasteiger partial charge on any atom is -0.365 e. The minimum atomic E-state index is -0.0127. The van der Waals surface area contributed by atoms with Crippen LogP contribution in [0.1, 0.15) is 39.8 Å². The Balaban J connectivity index is 2.88. The summed E-state index contributed by atoms with van der Waals surface area (Å²) in [7, 11) is 0. The molecule has 0 saturated heterocycles. The van der Waals surface area contributed by atoms with E-state index in [0.29, 0.717) is 5.28 Å². The first-order chi connectivity index (χ1) is 6.90. The Labute approximate surface area is 96.3 Å². The molecule has 3 nitrogen and oxygen atoms in total. The second-order valence-electron chi connectivity index (χ2n) is 4.64. The molecule has 0 atom stereocenters. The molecule has 0 fully saturated rings. The van der Waals surface area contributed by atoms with Crippen molar-refractivity contribution in [2.45, 2.75) is 46.1 Å². The maximum atomic E-state index is 5.85. The molecule has 1 heterocycles. The summed E-state index contributed by atoms with van der Waals surface area (Å²) in [5.74, 6) is 0.797. The molecule has 0 unspecified atom stereocenters. The van der Waals surface area contributed by atoms with Gasteiger partial charge >= 0.3 is 0 Å². The number of anilines is 1. The summed E-state index contributed by atoms with van der Waals surface area (Å²) in [5, 5.41) is 3.60. The fourth-order valence-corrected chi connectivity index (χ4v) is 1.50. The third kappa shape index (κ3) is 4.47. The number of nitrogens with one attached hydrogen (secondary N) is 1. The van der Waals surface area contributed by atoms with Gasteiger partial charge in [-0.15, -0.1) is 0 Å². The first kappa shape index (κ1) is 12.2. The highest BCUT2D eigenvalue weighted by molar-refractivity contribution is 6.28. The molecule has 0 aliphatic heterocycles. The van der Waals surface area contributed by atoms with Crippen molar-refractivity contribution < 1.29 is 0 Å². The standard InChI is InChI=1S/C11H18ClN3/c1-5-6-8-7-9(14-10(12)13-8)15-11(2,3)4/h7H,5-6H2,1-4H3,(H,13,14,15). The van der Waals surface area contributed by atoms with Crippen LogP contribution in [0.3, 0.4) is 0 Å². The van der Waals surface area contributed by atoms with Crippen molar-refractivity contribution in [3.63, 3.8) is 0 Å². The summed E-state index contributed by atoms with van der Waals surface area (Å²) in [5.41, 5.74) is 0.977. The maximum Gasteiger partial charge on any atom is 0.224 e. The average molecular weight is 228 g/mol. The molecule has 4 heteroatoms. The van der Waals surface area contributed by atoms with Gasteiger partial charge in [0.1, 0.15) is 5.82 Å². The molecular formula is C11H18ClN3. The van der Waals surface area contributed by atoms with Crippen LogP contribution in [0, 0.1) is 0 Å². The van der Waals surface area contributed by atoms with Gasteiger partial charge in [0.25, 0.3) is 0 Å². The molecule has 15 heavy (non-hydrogen) atoms. The fraction of sp³-hybridized carbons (Fsp3) is 0.636. The van der Waals surface area contributed by atoms with Crippen LogP contribution < -0.4 is 5.32 Å². The number of halogens is 1. The number of aryl methyl sites for hydroxylation is 1. The number of nitrogens with zero attached hydrogens (tertiary/aromatic N) is 2. The average Bonchev–Trinajstić information content (AvgIpc) is 1.99. The predicted molar refractivity (Wildman–Crippen MR) is 64.4 cm³/mol. The minimum absolute atomic E-state index is 0.0127. The van der Waals surface area contributed by atoms with Gasteiger partial charge in [-0.25, -0.2) is 9.97 Å². The zero-order valence-electron chi connectivity index (χ0n) is 9.76. The lowest BCUT2D eigenvalue weighted by molar-refractivity contribution is 0.629. The van der Waals surface area contributed by atoms with E-state index in [-0.39, 0.29) is 5.54 Å². The molecule has 0 bridgehead atoms. The van der Waals surface area contributed by atoms with Crippen molar-refractivity contribution >= 4 is 17.4 Å². The second kappa shape index (κ2) is 4.79. The summed E-state index contributed by atoms with van der Waals surface area (Å²) in [6.07, 6.45) is 1.99. The van der Waals surface area contributed by atoms with E-state index < -0.39 is 0 Å². The van der Waals surface area contributed by atoms with E-state index in [4.69, 9.17) is 11.6 Å². The smallest absolute Gasteiger partial charge is 0.224 e. The predicted octanol–water partition coefficient (Wildman–Crippen LogP) is 3.29. The Morgan fingerprint density at radius 1 is 1.33 bits per heavy atom. The van der Waals surface area contributed by atoms with Crippen molar-refractivity contribution in [1.82, 2.24) is 9.97 Å². The SMILES string of the molecule is CCCc1cc(NC(C)(C)C)nc(Cl)n1. The first-order valence-electron chi connectivity index (χ1n) is 5.22. The molecule has 0 radical (unpaired) electrons. The second-order valence-corrected chi connectivity index (χ2v) is 4.98. The molecule has 1 aromatic rings. The third-order valence-corrected chi connectivity index (χ3v) is 1.93. The lowest BCUT2D eigenvalue weighted by Gasteiger charge is -2.21. The monoisotopic (exact) mass is 227 g/mol. The zero-order chi connectivity index (χ0) is 11.5. The normalized spacial score (nSPS) is 11.5. The summed E-state index contributed by atoms with van der Waals surface area (Å²) in [6, 6.07) is 1.96. The molecular weight excluding hydrogens is 210 g/mol. The molecule has 1 rings (SSSR count). The van der Waals surface area contributed by atoms with E-state index in [2.05, 4.69) is 43.0 Å². The van der Waals surface area contributed by atoms with Gasteiger partial charge in [-0.1, -0.05) is 13.3 Å². The van der Waals surface area contributed by atoms with E-state index in [1.165, 1.54) is 0 Å². The van der Waals surface area contributed by atoms with Crippen molar-refractivity contribution in [2.75, 3.05) is 5.32 Å². The van der Waals surface area contributed by atoms with Crippen LogP contribution in [-0.2, 0) is 6.42 Å². The molecule has 0 aliphatic rings. The Hall–Kier alpha value is -0.830.